The van der Waals surface area contributed by atoms with Crippen molar-refractivity contribution in [1.82, 2.24) is 14.8 Å². The SMILES string of the molecule is CCc1ccc(-c2cc(C(F)F)c3c(C)nn(Cc4cccc(Cl)c4)c3n2)cc1. The van der Waals surface area contributed by atoms with Crippen LogP contribution in [-0.2, 0) is 13.0 Å². The molecule has 0 unspecified atom stereocenters. The molecule has 0 saturated heterocycles. The van der Waals surface area contributed by atoms with Gasteiger partial charge in [0.05, 0.1) is 23.3 Å². The first kappa shape index (κ1) is 19.5. The Morgan fingerprint density at radius 2 is 1.79 bits per heavy atom. The molecule has 0 amide bonds. The van der Waals surface area contributed by atoms with Crippen molar-refractivity contribution in [2.45, 2.75) is 33.2 Å². The third kappa shape index (κ3) is 3.87. The monoisotopic (exact) mass is 411 g/mol. The number of alkyl halides is 2. The summed E-state index contributed by atoms with van der Waals surface area (Å²) in [5.41, 5.74) is 4.39. The zero-order valence-corrected chi connectivity index (χ0v) is 16.9. The van der Waals surface area contributed by atoms with Crippen molar-refractivity contribution in [2.24, 2.45) is 0 Å². The van der Waals surface area contributed by atoms with E-state index in [-0.39, 0.29) is 5.56 Å². The van der Waals surface area contributed by atoms with Crippen LogP contribution in [0.2, 0.25) is 5.02 Å². The summed E-state index contributed by atoms with van der Waals surface area (Å²) in [4.78, 5) is 4.72. The van der Waals surface area contributed by atoms with E-state index in [0.717, 1.165) is 17.5 Å². The molecule has 0 saturated carbocycles. The van der Waals surface area contributed by atoms with E-state index in [1.165, 1.54) is 11.6 Å². The summed E-state index contributed by atoms with van der Waals surface area (Å²) < 4.78 is 29.5. The molecule has 148 valence electrons. The molecule has 0 atom stereocenters. The Morgan fingerprint density at radius 1 is 1.03 bits per heavy atom. The van der Waals surface area contributed by atoms with Gasteiger partial charge in [-0.1, -0.05) is 54.9 Å². The van der Waals surface area contributed by atoms with Crippen LogP contribution in [0.4, 0.5) is 8.78 Å². The first-order chi connectivity index (χ1) is 14.0. The van der Waals surface area contributed by atoms with Gasteiger partial charge in [-0.3, -0.25) is 0 Å². The molecule has 4 aromatic rings. The summed E-state index contributed by atoms with van der Waals surface area (Å²) in [7, 11) is 0. The highest BCUT2D eigenvalue weighted by atomic mass is 35.5. The second-order valence-electron chi connectivity index (χ2n) is 7.02. The number of nitrogens with zero attached hydrogens (tertiary/aromatic N) is 3. The van der Waals surface area contributed by atoms with Crippen molar-refractivity contribution in [1.29, 1.82) is 0 Å². The highest BCUT2D eigenvalue weighted by molar-refractivity contribution is 6.30. The summed E-state index contributed by atoms with van der Waals surface area (Å²) in [5, 5.41) is 5.53. The van der Waals surface area contributed by atoms with E-state index in [1.54, 1.807) is 17.7 Å². The Kier molecular flexibility index (Phi) is 5.33. The number of hydrogen-bond donors (Lipinski definition) is 0. The number of fused-ring (bicyclic) bond motifs is 1. The number of hydrogen-bond acceptors (Lipinski definition) is 2. The maximum absolute atomic E-state index is 13.9. The molecule has 0 N–H and O–H groups in total. The summed E-state index contributed by atoms with van der Waals surface area (Å²) in [6.07, 6.45) is -1.70. The standard InChI is InChI=1S/C23H20ClF2N3/c1-3-15-7-9-17(10-8-15)20-12-19(22(25)26)21-14(2)28-29(23(21)27-20)13-16-5-4-6-18(24)11-16/h4-12,22H,3,13H2,1-2H3. The van der Waals surface area contributed by atoms with E-state index in [1.807, 2.05) is 42.5 Å². The van der Waals surface area contributed by atoms with Gasteiger partial charge in [0, 0.05) is 16.1 Å². The summed E-state index contributed by atoms with van der Waals surface area (Å²) in [6.45, 7) is 4.21. The van der Waals surface area contributed by atoms with Crippen LogP contribution in [0.1, 0.15) is 35.7 Å². The zero-order chi connectivity index (χ0) is 20.5. The van der Waals surface area contributed by atoms with E-state index in [4.69, 9.17) is 16.6 Å². The van der Waals surface area contributed by atoms with Crippen molar-refractivity contribution in [2.75, 3.05) is 0 Å². The lowest BCUT2D eigenvalue weighted by atomic mass is 10.0. The van der Waals surface area contributed by atoms with Gasteiger partial charge in [-0.2, -0.15) is 5.10 Å². The summed E-state index contributed by atoms with van der Waals surface area (Å²) in [6, 6.07) is 16.7. The molecular formula is C23H20ClF2N3. The third-order valence-electron chi connectivity index (χ3n) is 5.02. The normalized spacial score (nSPS) is 11.5. The van der Waals surface area contributed by atoms with E-state index >= 15 is 0 Å². The number of rotatable bonds is 5. The Balaban J connectivity index is 1.88. The quantitative estimate of drug-likeness (QED) is 0.370. The van der Waals surface area contributed by atoms with Crippen LogP contribution in [0, 0.1) is 6.92 Å². The first-order valence-electron chi connectivity index (χ1n) is 9.46. The highest BCUT2D eigenvalue weighted by Gasteiger charge is 2.21. The van der Waals surface area contributed by atoms with Crippen molar-refractivity contribution in [3.63, 3.8) is 0 Å². The molecule has 2 aromatic heterocycles. The van der Waals surface area contributed by atoms with Gasteiger partial charge in [0.25, 0.3) is 6.43 Å². The third-order valence-corrected chi connectivity index (χ3v) is 5.26. The molecule has 2 heterocycles. The number of halogens is 3. The van der Waals surface area contributed by atoms with Crippen LogP contribution in [0.3, 0.4) is 0 Å². The van der Waals surface area contributed by atoms with Crippen LogP contribution < -0.4 is 0 Å². The molecule has 2 aromatic carbocycles. The van der Waals surface area contributed by atoms with Gasteiger partial charge in [-0.15, -0.1) is 0 Å². The topological polar surface area (TPSA) is 30.7 Å². The maximum Gasteiger partial charge on any atom is 0.264 e. The molecule has 4 rings (SSSR count). The van der Waals surface area contributed by atoms with Gasteiger partial charge in [0.1, 0.15) is 0 Å². The van der Waals surface area contributed by atoms with Crippen molar-refractivity contribution >= 4 is 22.6 Å². The van der Waals surface area contributed by atoms with E-state index in [0.29, 0.717) is 34.0 Å². The van der Waals surface area contributed by atoms with Gasteiger partial charge in [-0.25, -0.2) is 18.4 Å². The van der Waals surface area contributed by atoms with Crippen LogP contribution in [0.5, 0.6) is 0 Å². The van der Waals surface area contributed by atoms with Gasteiger partial charge < -0.3 is 0 Å². The second kappa shape index (κ2) is 7.91. The fourth-order valence-corrected chi connectivity index (χ4v) is 3.75. The molecule has 0 radical (unpaired) electrons. The minimum Gasteiger partial charge on any atom is -0.243 e. The van der Waals surface area contributed by atoms with E-state index < -0.39 is 6.43 Å². The van der Waals surface area contributed by atoms with Gasteiger partial charge in [-0.05, 0) is 42.7 Å². The predicted octanol–water partition coefficient (Wildman–Crippen LogP) is 6.61. The zero-order valence-electron chi connectivity index (χ0n) is 16.2. The second-order valence-corrected chi connectivity index (χ2v) is 7.46. The number of pyridine rings is 1. The molecule has 0 bridgehead atoms. The largest absolute Gasteiger partial charge is 0.264 e. The van der Waals surface area contributed by atoms with Gasteiger partial charge >= 0.3 is 0 Å². The number of aromatic nitrogens is 3. The lowest BCUT2D eigenvalue weighted by molar-refractivity contribution is 0.153. The fraction of sp³-hybridized carbons (Fsp3) is 0.217. The molecule has 0 spiro atoms. The average Bonchev–Trinajstić information content (AvgIpc) is 3.02. The van der Waals surface area contributed by atoms with Crippen LogP contribution in [0.15, 0.2) is 54.6 Å². The number of benzene rings is 2. The molecule has 3 nitrogen and oxygen atoms in total. The lowest BCUT2D eigenvalue weighted by Gasteiger charge is -2.09. The molecule has 6 heteroatoms. The number of aryl methyl sites for hydroxylation is 2. The van der Waals surface area contributed by atoms with Crippen molar-refractivity contribution in [3.05, 3.63) is 82.0 Å². The Morgan fingerprint density at radius 3 is 2.45 bits per heavy atom. The van der Waals surface area contributed by atoms with Crippen molar-refractivity contribution < 1.29 is 8.78 Å². The smallest absolute Gasteiger partial charge is 0.243 e. The van der Waals surface area contributed by atoms with Crippen molar-refractivity contribution in [3.8, 4) is 11.3 Å². The van der Waals surface area contributed by atoms with Crippen LogP contribution in [0.25, 0.3) is 22.3 Å². The van der Waals surface area contributed by atoms with E-state index in [2.05, 4.69) is 12.0 Å². The summed E-state index contributed by atoms with van der Waals surface area (Å²) in [5.74, 6) is 0. The maximum atomic E-state index is 13.9. The van der Waals surface area contributed by atoms with Crippen LogP contribution in [-0.4, -0.2) is 14.8 Å². The minimum absolute atomic E-state index is 0.0422. The van der Waals surface area contributed by atoms with Gasteiger partial charge in [0.15, 0.2) is 5.65 Å². The molecule has 29 heavy (non-hydrogen) atoms. The molecule has 0 aliphatic heterocycles. The Hall–Kier alpha value is -2.79. The Bertz CT molecular complexity index is 1170. The molecule has 0 aliphatic rings. The highest BCUT2D eigenvalue weighted by Crippen LogP contribution is 2.33. The average molecular weight is 412 g/mol. The fourth-order valence-electron chi connectivity index (χ4n) is 3.54. The van der Waals surface area contributed by atoms with Gasteiger partial charge in [0.2, 0.25) is 0 Å². The Labute approximate surface area is 173 Å². The molecule has 0 fully saturated rings. The summed E-state index contributed by atoms with van der Waals surface area (Å²) >= 11 is 6.09. The molecule has 0 aliphatic carbocycles. The first-order valence-corrected chi connectivity index (χ1v) is 9.84. The molecular weight excluding hydrogens is 392 g/mol. The van der Waals surface area contributed by atoms with Crippen LogP contribution >= 0.6 is 11.6 Å². The predicted molar refractivity (Wildman–Crippen MR) is 113 cm³/mol. The lowest BCUT2D eigenvalue weighted by Crippen LogP contribution is -2.04. The minimum atomic E-state index is -2.61. The van der Waals surface area contributed by atoms with E-state index in [9.17, 15) is 8.78 Å².